The van der Waals surface area contributed by atoms with Gasteiger partial charge in [0.1, 0.15) is 24.3 Å². The molecule has 34 heavy (non-hydrogen) atoms. The Kier molecular flexibility index (Phi) is 10.8. The Morgan fingerprint density at radius 1 is 0.676 bits per heavy atom. The molecule has 0 saturated heterocycles. The fourth-order valence-electron chi connectivity index (χ4n) is 3.62. The van der Waals surface area contributed by atoms with Crippen molar-refractivity contribution in [2.24, 2.45) is 0 Å². The number of rotatable bonds is 15. The van der Waals surface area contributed by atoms with Crippen molar-refractivity contribution >= 4 is 0 Å². The van der Waals surface area contributed by atoms with E-state index in [0.29, 0.717) is 18.0 Å². The predicted octanol–water partition coefficient (Wildman–Crippen LogP) is 8.07. The normalized spacial score (nSPS) is 11.9. The second-order valence-corrected chi connectivity index (χ2v) is 8.63. The van der Waals surface area contributed by atoms with Gasteiger partial charge in [-0.1, -0.05) is 64.5 Å². The molecule has 0 fully saturated rings. The maximum atomic E-state index is 13.3. The lowest BCUT2D eigenvalue weighted by molar-refractivity contribution is 0.192. The molecule has 3 rings (SSSR count). The highest BCUT2D eigenvalue weighted by Gasteiger charge is 2.06. The van der Waals surface area contributed by atoms with Crippen molar-refractivity contribution in [3.63, 3.8) is 0 Å². The third-order valence-corrected chi connectivity index (χ3v) is 5.84. The number of hydrogen-bond donors (Lipinski definition) is 0. The molecule has 1 unspecified atom stereocenters. The summed E-state index contributed by atoms with van der Waals surface area (Å²) in [5.41, 5.74) is 2.86. The van der Waals surface area contributed by atoms with Crippen LogP contribution in [-0.4, -0.2) is 29.4 Å². The van der Waals surface area contributed by atoms with Crippen LogP contribution in [0.4, 0.5) is 4.39 Å². The van der Waals surface area contributed by atoms with Gasteiger partial charge >= 0.3 is 0 Å². The van der Waals surface area contributed by atoms with E-state index in [1.54, 1.807) is 6.92 Å². The number of benzene rings is 2. The van der Waals surface area contributed by atoms with Crippen molar-refractivity contribution in [2.75, 3.05) is 13.2 Å². The summed E-state index contributed by atoms with van der Waals surface area (Å²) in [5.74, 6) is 2.22. The molecule has 2 aromatic carbocycles. The van der Waals surface area contributed by atoms with Gasteiger partial charge in [-0.2, -0.15) is 0 Å². The number of unbranched alkanes of at least 4 members (excludes halogenated alkanes) is 6. The SMILES string of the molecule is CCCCCCCCCOc1ccc(-c2ncc(-c3ccc(OCC(F)CC)cc3)cn2)cc1. The molecule has 3 aromatic rings. The fraction of sp³-hybridized carbons (Fsp3) is 0.448. The van der Waals surface area contributed by atoms with E-state index in [4.69, 9.17) is 9.47 Å². The number of alkyl halides is 1. The number of hydrogen-bond acceptors (Lipinski definition) is 4. The maximum absolute atomic E-state index is 13.3. The zero-order valence-electron chi connectivity index (χ0n) is 20.5. The minimum atomic E-state index is -0.939. The summed E-state index contributed by atoms with van der Waals surface area (Å²) in [4.78, 5) is 9.06. The van der Waals surface area contributed by atoms with Gasteiger partial charge in [0.05, 0.1) is 6.61 Å². The summed E-state index contributed by atoms with van der Waals surface area (Å²) in [6, 6.07) is 15.5. The van der Waals surface area contributed by atoms with Crippen molar-refractivity contribution in [3.05, 3.63) is 60.9 Å². The van der Waals surface area contributed by atoms with Crippen LogP contribution in [0.25, 0.3) is 22.5 Å². The summed E-state index contributed by atoms with van der Waals surface area (Å²) in [7, 11) is 0. The predicted molar refractivity (Wildman–Crippen MR) is 137 cm³/mol. The second-order valence-electron chi connectivity index (χ2n) is 8.63. The first-order valence-electron chi connectivity index (χ1n) is 12.6. The van der Waals surface area contributed by atoms with Crippen LogP contribution < -0.4 is 9.47 Å². The lowest BCUT2D eigenvalue weighted by Gasteiger charge is -2.09. The smallest absolute Gasteiger partial charge is 0.159 e. The molecule has 1 atom stereocenters. The molecular formula is C29H37FN2O2. The highest BCUT2D eigenvalue weighted by Crippen LogP contribution is 2.24. The molecule has 0 radical (unpaired) electrons. The zero-order valence-corrected chi connectivity index (χ0v) is 20.5. The summed E-state index contributed by atoms with van der Waals surface area (Å²) in [5, 5.41) is 0. The Morgan fingerprint density at radius 2 is 1.24 bits per heavy atom. The van der Waals surface area contributed by atoms with Gasteiger partial charge in [-0.25, -0.2) is 14.4 Å². The molecule has 0 amide bonds. The molecule has 4 nitrogen and oxygen atoms in total. The summed E-state index contributed by atoms with van der Waals surface area (Å²) < 4.78 is 24.7. The summed E-state index contributed by atoms with van der Waals surface area (Å²) in [6.07, 6.45) is 12.1. The van der Waals surface area contributed by atoms with Gasteiger partial charge in [0.2, 0.25) is 0 Å². The van der Waals surface area contributed by atoms with Crippen LogP contribution in [0.1, 0.15) is 65.2 Å². The second kappa shape index (κ2) is 14.3. The van der Waals surface area contributed by atoms with E-state index in [2.05, 4.69) is 16.9 Å². The van der Waals surface area contributed by atoms with Crippen molar-refractivity contribution in [3.8, 4) is 34.0 Å². The molecule has 182 valence electrons. The van der Waals surface area contributed by atoms with E-state index in [1.807, 2.05) is 60.9 Å². The molecule has 0 bridgehead atoms. The quantitative estimate of drug-likeness (QED) is 0.213. The topological polar surface area (TPSA) is 44.2 Å². The first-order chi connectivity index (χ1) is 16.7. The Hall–Kier alpha value is -2.95. The largest absolute Gasteiger partial charge is 0.494 e. The van der Waals surface area contributed by atoms with Crippen molar-refractivity contribution < 1.29 is 13.9 Å². The number of ether oxygens (including phenoxy) is 2. The lowest BCUT2D eigenvalue weighted by atomic mass is 10.1. The van der Waals surface area contributed by atoms with Crippen molar-refractivity contribution in [2.45, 2.75) is 71.4 Å². The zero-order chi connectivity index (χ0) is 24.0. The Balaban J connectivity index is 1.46. The van der Waals surface area contributed by atoms with Crippen LogP contribution in [0.3, 0.4) is 0 Å². The number of halogens is 1. The number of aromatic nitrogens is 2. The third kappa shape index (κ3) is 8.44. The lowest BCUT2D eigenvalue weighted by Crippen LogP contribution is -2.11. The molecule has 5 heteroatoms. The summed E-state index contributed by atoms with van der Waals surface area (Å²) in [6.45, 7) is 4.89. The fourth-order valence-corrected chi connectivity index (χ4v) is 3.62. The molecule has 0 aliphatic carbocycles. The monoisotopic (exact) mass is 464 g/mol. The highest BCUT2D eigenvalue weighted by molar-refractivity contribution is 5.64. The standard InChI is InChI=1S/C29H37FN2O2/c1-3-5-6-7-8-9-10-19-33-27-17-13-24(14-18-27)29-31-20-25(21-32-29)23-11-15-28(16-12-23)34-22-26(30)4-2/h11-18,20-21,26H,3-10,19,22H2,1-2H3. The Bertz CT molecular complexity index is 943. The molecule has 0 aliphatic rings. The third-order valence-electron chi connectivity index (χ3n) is 5.84. The van der Waals surface area contributed by atoms with Crippen LogP contribution in [0.5, 0.6) is 11.5 Å². The molecule has 0 spiro atoms. The van der Waals surface area contributed by atoms with Crippen LogP contribution in [0.15, 0.2) is 60.9 Å². The minimum absolute atomic E-state index is 0.0800. The molecule has 0 saturated carbocycles. The Morgan fingerprint density at radius 3 is 1.85 bits per heavy atom. The molecule has 1 aromatic heterocycles. The molecule has 1 heterocycles. The van der Waals surface area contributed by atoms with E-state index in [0.717, 1.165) is 35.5 Å². The van der Waals surface area contributed by atoms with Gasteiger partial charge < -0.3 is 9.47 Å². The molecule has 0 N–H and O–H groups in total. The maximum Gasteiger partial charge on any atom is 0.159 e. The summed E-state index contributed by atoms with van der Waals surface area (Å²) >= 11 is 0. The number of nitrogens with zero attached hydrogens (tertiary/aromatic N) is 2. The van der Waals surface area contributed by atoms with Gasteiger partial charge in [-0.3, -0.25) is 0 Å². The van der Waals surface area contributed by atoms with E-state index < -0.39 is 6.17 Å². The van der Waals surface area contributed by atoms with Crippen molar-refractivity contribution in [1.82, 2.24) is 9.97 Å². The van der Waals surface area contributed by atoms with Crippen LogP contribution in [0, 0.1) is 0 Å². The highest BCUT2D eigenvalue weighted by atomic mass is 19.1. The van der Waals surface area contributed by atoms with E-state index in [9.17, 15) is 4.39 Å². The first-order valence-corrected chi connectivity index (χ1v) is 12.6. The molecular weight excluding hydrogens is 427 g/mol. The molecule has 0 aliphatic heterocycles. The van der Waals surface area contributed by atoms with Crippen LogP contribution in [-0.2, 0) is 0 Å². The Labute approximate surface area is 203 Å². The van der Waals surface area contributed by atoms with Gasteiger partial charge in [0, 0.05) is 23.5 Å². The van der Waals surface area contributed by atoms with Gasteiger partial charge in [0.25, 0.3) is 0 Å². The van der Waals surface area contributed by atoms with Gasteiger partial charge in [-0.05, 0) is 54.8 Å². The van der Waals surface area contributed by atoms with Gasteiger partial charge in [0.15, 0.2) is 5.82 Å². The van der Waals surface area contributed by atoms with Crippen LogP contribution >= 0.6 is 0 Å². The van der Waals surface area contributed by atoms with E-state index in [-0.39, 0.29) is 6.61 Å². The van der Waals surface area contributed by atoms with Gasteiger partial charge in [-0.15, -0.1) is 0 Å². The average Bonchev–Trinajstić information content (AvgIpc) is 2.89. The van der Waals surface area contributed by atoms with Crippen molar-refractivity contribution in [1.29, 1.82) is 0 Å². The van der Waals surface area contributed by atoms with Crippen LogP contribution in [0.2, 0.25) is 0 Å². The first kappa shape index (κ1) is 25.7. The minimum Gasteiger partial charge on any atom is -0.494 e. The van der Waals surface area contributed by atoms with E-state index >= 15 is 0 Å². The average molecular weight is 465 g/mol. The van der Waals surface area contributed by atoms with E-state index in [1.165, 1.54) is 38.5 Å².